The zero-order valence-corrected chi connectivity index (χ0v) is 12.5. The maximum absolute atomic E-state index is 11.6. The van der Waals surface area contributed by atoms with E-state index in [0.717, 1.165) is 10.7 Å². The van der Waals surface area contributed by atoms with Gasteiger partial charge in [-0.3, -0.25) is 0 Å². The molecular weight excluding hydrogens is 330 g/mol. The van der Waals surface area contributed by atoms with Crippen LogP contribution in [-0.4, -0.2) is 14.7 Å². The molecule has 0 radical (unpaired) electrons. The Hall–Kier alpha value is -1.53. The Kier molecular flexibility index (Phi) is 3.82. The zero-order valence-electron chi connectivity index (χ0n) is 10.1. The molecule has 0 aliphatic rings. The van der Waals surface area contributed by atoms with Crippen LogP contribution in [0.5, 0.6) is 11.5 Å². The maximum Gasteiger partial charge on any atom is 0.177 e. The highest BCUT2D eigenvalue weighted by Crippen LogP contribution is 2.32. The summed E-state index contributed by atoms with van der Waals surface area (Å²) in [4.78, 5) is 0.0714. The Bertz CT molecular complexity index is 696. The first-order valence-electron chi connectivity index (χ1n) is 5.40. The van der Waals surface area contributed by atoms with Crippen LogP contribution in [0.2, 0.25) is 0 Å². The Labute approximate surface area is 120 Å². The molecule has 2 aromatic rings. The van der Waals surface area contributed by atoms with Gasteiger partial charge in [0.15, 0.2) is 15.6 Å². The SMILES string of the molecule is CS(=O)(=O)c1cccc(Oc2ccc(Br)cc2)c1N. The molecule has 0 aliphatic heterocycles. The monoisotopic (exact) mass is 341 g/mol. The minimum absolute atomic E-state index is 0.0714. The molecule has 0 heterocycles. The zero-order chi connectivity index (χ0) is 14.0. The summed E-state index contributed by atoms with van der Waals surface area (Å²) in [5, 5.41) is 0. The second-order valence-corrected chi connectivity index (χ2v) is 6.90. The van der Waals surface area contributed by atoms with Crippen molar-refractivity contribution in [2.75, 3.05) is 12.0 Å². The summed E-state index contributed by atoms with van der Waals surface area (Å²) < 4.78 is 29.6. The number of hydrogen-bond donors (Lipinski definition) is 1. The summed E-state index contributed by atoms with van der Waals surface area (Å²) in [7, 11) is -3.37. The van der Waals surface area contributed by atoms with Crippen molar-refractivity contribution in [3.8, 4) is 11.5 Å². The predicted molar refractivity (Wildman–Crippen MR) is 78.2 cm³/mol. The highest BCUT2D eigenvalue weighted by molar-refractivity contribution is 9.10. The number of halogens is 1. The van der Waals surface area contributed by atoms with Gasteiger partial charge in [0.25, 0.3) is 0 Å². The molecule has 19 heavy (non-hydrogen) atoms. The fourth-order valence-electron chi connectivity index (χ4n) is 1.57. The van der Waals surface area contributed by atoms with E-state index in [9.17, 15) is 8.42 Å². The van der Waals surface area contributed by atoms with Gasteiger partial charge in [0, 0.05) is 10.7 Å². The van der Waals surface area contributed by atoms with Crippen LogP contribution >= 0.6 is 15.9 Å². The molecule has 0 spiro atoms. The van der Waals surface area contributed by atoms with Crippen LogP contribution < -0.4 is 10.5 Å². The minimum atomic E-state index is -3.37. The van der Waals surface area contributed by atoms with Gasteiger partial charge in [0.2, 0.25) is 0 Å². The van der Waals surface area contributed by atoms with Crippen molar-refractivity contribution in [1.82, 2.24) is 0 Å². The normalized spacial score (nSPS) is 11.3. The summed E-state index contributed by atoms with van der Waals surface area (Å²) in [6.45, 7) is 0. The first-order chi connectivity index (χ1) is 8.88. The number of rotatable bonds is 3. The highest BCUT2D eigenvalue weighted by Gasteiger charge is 2.15. The molecule has 0 fully saturated rings. The average Bonchev–Trinajstić information content (AvgIpc) is 2.33. The van der Waals surface area contributed by atoms with Crippen LogP contribution in [0, 0.1) is 0 Å². The van der Waals surface area contributed by atoms with Crippen molar-refractivity contribution in [3.63, 3.8) is 0 Å². The van der Waals surface area contributed by atoms with E-state index in [1.807, 2.05) is 12.1 Å². The lowest BCUT2D eigenvalue weighted by molar-refractivity contribution is 0.483. The third-order valence-electron chi connectivity index (χ3n) is 2.47. The van der Waals surface area contributed by atoms with Crippen molar-refractivity contribution in [1.29, 1.82) is 0 Å². The fraction of sp³-hybridized carbons (Fsp3) is 0.0769. The molecule has 2 rings (SSSR count). The van der Waals surface area contributed by atoms with E-state index in [-0.39, 0.29) is 10.6 Å². The number of anilines is 1. The Morgan fingerprint density at radius 1 is 1.11 bits per heavy atom. The number of sulfone groups is 1. The summed E-state index contributed by atoms with van der Waals surface area (Å²) in [5.74, 6) is 0.908. The van der Waals surface area contributed by atoms with Crippen molar-refractivity contribution < 1.29 is 13.2 Å². The number of para-hydroxylation sites is 1. The third kappa shape index (κ3) is 3.27. The average molecular weight is 342 g/mol. The standard InChI is InChI=1S/C13H12BrNO3S/c1-19(16,17)12-4-2-3-11(13(12)15)18-10-7-5-9(14)6-8-10/h2-8H,15H2,1H3. The fourth-order valence-corrected chi connectivity index (χ4v) is 2.66. The van der Waals surface area contributed by atoms with Gasteiger partial charge < -0.3 is 10.5 Å². The first-order valence-corrected chi connectivity index (χ1v) is 8.08. The van der Waals surface area contributed by atoms with Crippen molar-refractivity contribution in [2.45, 2.75) is 4.90 Å². The summed E-state index contributed by atoms with van der Waals surface area (Å²) in [6.07, 6.45) is 1.11. The van der Waals surface area contributed by atoms with E-state index < -0.39 is 9.84 Å². The Morgan fingerprint density at radius 3 is 2.32 bits per heavy atom. The molecule has 0 saturated heterocycles. The third-order valence-corrected chi connectivity index (χ3v) is 4.15. The van der Waals surface area contributed by atoms with Crippen LogP contribution in [0.3, 0.4) is 0 Å². The molecule has 6 heteroatoms. The summed E-state index contributed by atoms with van der Waals surface area (Å²) in [5.41, 5.74) is 5.95. The van der Waals surface area contributed by atoms with E-state index >= 15 is 0 Å². The van der Waals surface area contributed by atoms with Crippen molar-refractivity contribution in [3.05, 3.63) is 46.9 Å². The molecule has 0 unspecified atom stereocenters. The molecule has 100 valence electrons. The lowest BCUT2D eigenvalue weighted by Crippen LogP contribution is -2.03. The molecule has 0 bridgehead atoms. The first kappa shape index (κ1) is 13.9. The Morgan fingerprint density at radius 2 is 1.74 bits per heavy atom. The molecule has 0 saturated carbocycles. The molecule has 4 nitrogen and oxygen atoms in total. The number of nitrogens with two attached hydrogens (primary N) is 1. The Balaban J connectivity index is 2.39. The number of hydrogen-bond acceptors (Lipinski definition) is 4. The number of ether oxygens (including phenoxy) is 1. The van der Waals surface area contributed by atoms with E-state index in [0.29, 0.717) is 11.5 Å². The maximum atomic E-state index is 11.6. The van der Waals surface area contributed by atoms with E-state index in [4.69, 9.17) is 10.5 Å². The van der Waals surface area contributed by atoms with Gasteiger partial charge in [-0.15, -0.1) is 0 Å². The van der Waals surface area contributed by atoms with Gasteiger partial charge in [-0.25, -0.2) is 8.42 Å². The summed E-state index contributed by atoms with van der Waals surface area (Å²) in [6, 6.07) is 11.9. The predicted octanol–water partition coefficient (Wildman–Crippen LogP) is 3.23. The molecular formula is C13H12BrNO3S. The largest absolute Gasteiger partial charge is 0.455 e. The van der Waals surface area contributed by atoms with Gasteiger partial charge in [-0.1, -0.05) is 22.0 Å². The van der Waals surface area contributed by atoms with Gasteiger partial charge in [0.05, 0.1) is 10.6 Å². The second-order valence-electron chi connectivity index (χ2n) is 4.00. The van der Waals surface area contributed by atoms with Crippen molar-refractivity contribution >= 4 is 31.5 Å². The van der Waals surface area contributed by atoms with E-state index in [1.54, 1.807) is 24.3 Å². The lowest BCUT2D eigenvalue weighted by atomic mass is 10.3. The second kappa shape index (κ2) is 5.22. The summed E-state index contributed by atoms with van der Waals surface area (Å²) >= 11 is 3.32. The number of nitrogen functional groups attached to an aromatic ring is 1. The molecule has 0 atom stereocenters. The lowest BCUT2D eigenvalue weighted by Gasteiger charge is -2.11. The van der Waals surface area contributed by atoms with Crippen molar-refractivity contribution in [2.24, 2.45) is 0 Å². The smallest absolute Gasteiger partial charge is 0.177 e. The van der Waals surface area contributed by atoms with E-state index in [1.165, 1.54) is 6.07 Å². The molecule has 0 amide bonds. The molecule has 0 aromatic heterocycles. The van der Waals surface area contributed by atoms with E-state index in [2.05, 4.69) is 15.9 Å². The van der Waals surface area contributed by atoms with Crippen LogP contribution in [-0.2, 0) is 9.84 Å². The van der Waals surface area contributed by atoms with Gasteiger partial charge in [0.1, 0.15) is 5.75 Å². The highest BCUT2D eigenvalue weighted by atomic mass is 79.9. The van der Waals surface area contributed by atoms with Crippen LogP contribution in [0.4, 0.5) is 5.69 Å². The van der Waals surface area contributed by atoms with Gasteiger partial charge in [-0.05, 0) is 36.4 Å². The quantitative estimate of drug-likeness (QED) is 0.870. The van der Waals surface area contributed by atoms with Gasteiger partial charge >= 0.3 is 0 Å². The van der Waals surface area contributed by atoms with Crippen LogP contribution in [0.1, 0.15) is 0 Å². The topological polar surface area (TPSA) is 69.4 Å². The number of benzene rings is 2. The molecule has 0 aliphatic carbocycles. The van der Waals surface area contributed by atoms with Gasteiger partial charge in [-0.2, -0.15) is 0 Å². The van der Waals surface area contributed by atoms with Crippen LogP contribution in [0.25, 0.3) is 0 Å². The minimum Gasteiger partial charge on any atom is -0.455 e. The molecule has 2 aromatic carbocycles. The van der Waals surface area contributed by atoms with Crippen LogP contribution in [0.15, 0.2) is 51.8 Å². The molecule has 2 N–H and O–H groups in total.